The lowest BCUT2D eigenvalue weighted by Gasteiger charge is -2.04. The van der Waals surface area contributed by atoms with Crippen molar-refractivity contribution in [2.24, 2.45) is 0 Å². The van der Waals surface area contributed by atoms with Crippen molar-refractivity contribution >= 4 is 17.5 Å². The number of ether oxygens (including phenoxy) is 1. The third-order valence-corrected chi connectivity index (χ3v) is 2.33. The number of methoxy groups -OCH3 is 1. The summed E-state index contributed by atoms with van der Waals surface area (Å²) in [4.78, 5) is 11.4. The van der Waals surface area contributed by atoms with Crippen LogP contribution in [0.4, 0.5) is 0 Å². The number of hydrogen-bond acceptors (Lipinski definition) is 4. The second-order valence-corrected chi connectivity index (χ2v) is 3.61. The first-order valence-electron chi connectivity index (χ1n) is 4.08. The molecule has 0 aromatic heterocycles. The van der Waals surface area contributed by atoms with Gasteiger partial charge in [0.05, 0.1) is 18.4 Å². The lowest BCUT2D eigenvalue weighted by atomic mass is 10.1. The summed E-state index contributed by atoms with van der Waals surface area (Å²) in [6, 6.07) is 4.67. The van der Waals surface area contributed by atoms with Crippen molar-refractivity contribution in [3.8, 4) is 11.5 Å². The smallest absolute Gasteiger partial charge is 0.176 e. The molecule has 1 rings (SSSR count). The Kier molecular flexibility index (Phi) is 3.83. The fourth-order valence-electron chi connectivity index (χ4n) is 1.08. The van der Waals surface area contributed by atoms with Crippen LogP contribution in [0.5, 0.6) is 11.5 Å². The first-order valence-corrected chi connectivity index (χ1v) is 5.47. The quantitative estimate of drug-likeness (QED) is 0.775. The Morgan fingerprint density at radius 1 is 1.57 bits per heavy atom. The Hall–Kier alpha value is -1.16. The molecule has 0 unspecified atom stereocenters. The lowest BCUT2D eigenvalue weighted by Crippen LogP contribution is -2.02. The molecule has 0 spiro atoms. The van der Waals surface area contributed by atoms with Gasteiger partial charge in [-0.15, -0.1) is 0 Å². The molecule has 0 bridgehead atoms. The molecule has 1 aromatic carbocycles. The predicted molar refractivity (Wildman–Crippen MR) is 57.4 cm³/mol. The third kappa shape index (κ3) is 2.42. The van der Waals surface area contributed by atoms with Crippen molar-refractivity contribution in [1.29, 1.82) is 0 Å². The molecule has 0 aliphatic heterocycles. The van der Waals surface area contributed by atoms with Crippen molar-refractivity contribution < 1.29 is 14.6 Å². The second kappa shape index (κ2) is 4.91. The van der Waals surface area contributed by atoms with Crippen molar-refractivity contribution in [2.75, 3.05) is 19.1 Å². The van der Waals surface area contributed by atoms with Crippen LogP contribution < -0.4 is 4.74 Å². The molecule has 0 saturated heterocycles. The van der Waals surface area contributed by atoms with E-state index in [0.29, 0.717) is 17.1 Å². The third-order valence-electron chi connectivity index (χ3n) is 1.78. The van der Waals surface area contributed by atoms with Crippen LogP contribution in [-0.2, 0) is 0 Å². The minimum Gasteiger partial charge on any atom is -0.507 e. The Balaban J connectivity index is 2.94. The monoisotopic (exact) mass is 212 g/mol. The molecule has 0 radical (unpaired) electrons. The summed E-state index contributed by atoms with van der Waals surface area (Å²) >= 11 is 1.43. The first kappa shape index (κ1) is 10.9. The average Bonchev–Trinajstić information content (AvgIpc) is 2.17. The van der Waals surface area contributed by atoms with Crippen LogP contribution in [0.15, 0.2) is 18.2 Å². The number of phenolic OH excluding ortho intramolecular Hbond substituents is 1. The van der Waals surface area contributed by atoms with Gasteiger partial charge in [0.25, 0.3) is 0 Å². The molecule has 0 saturated carbocycles. The van der Waals surface area contributed by atoms with Gasteiger partial charge in [0.2, 0.25) is 0 Å². The largest absolute Gasteiger partial charge is 0.507 e. The Morgan fingerprint density at radius 2 is 2.29 bits per heavy atom. The fraction of sp³-hybridized carbons (Fsp3) is 0.300. The summed E-state index contributed by atoms with van der Waals surface area (Å²) in [5.74, 6) is 0.823. The highest BCUT2D eigenvalue weighted by molar-refractivity contribution is 7.99. The lowest BCUT2D eigenvalue weighted by molar-refractivity contribution is 0.102. The van der Waals surface area contributed by atoms with Gasteiger partial charge < -0.3 is 9.84 Å². The minimum absolute atomic E-state index is 0.0246. The Bertz CT molecular complexity index is 336. The van der Waals surface area contributed by atoms with Gasteiger partial charge in [-0.25, -0.2) is 0 Å². The molecule has 0 aliphatic rings. The molecule has 0 atom stereocenters. The summed E-state index contributed by atoms with van der Waals surface area (Å²) in [6.45, 7) is 0. The number of aromatic hydroxyl groups is 1. The number of ketones is 1. The van der Waals surface area contributed by atoms with Crippen LogP contribution in [-0.4, -0.2) is 30.0 Å². The summed E-state index contributed by atoms with van der Waals surface area (Å²) in [5.41, 5.74) is 0.347. The van der Waals surface area contributed by atoms with Crippen LogP contribution in [0.2, 0.25) is 0 Å². The molecular weight excluding hydrogens is 200 g/mol. The van der Waals surface area contributed by atoms with E-state index in [-0.39, 0.29) is 11.5 Å². The molecule has 0 heterocycles. The topological polar surface area (TPSA) is 46.5 Å². The van der Waals surface area contributed by atoms with E-state index in [1.807, 2.05) is 6.26 Å². The SMILES string of the molecule is COc1ccc(C(=O)CSC)c(O)c1. The van der Waals surface area contributed by atoms with E-state index in [4.69, 9.17) is 4.74 Å². The van der Waals surface area contributed by atoms with Crippen molar-refractivity contribution in [3.63, 3.8) is 0 Å². The number of rotatable bonds is 4. The van der Waals surface area contributed by atoms with Crippen molar-refractivity contribution in [2.45, 2.75) is 0 Å². The Labute approximate surface area is 87.1 Å². The molecule has 0 aliphatic carbocycles. The van der Waals surface area contributed by atoms with Crippen LogP contribution >= 0.6 is 11.8 Å². The van der Waals surface area contributed by atoms with Gasteiger partial charge in [0.1, 0.15) is 11.5 Å². The summed E-state index contributed by atoms with van der Waals surface area (Å²) in [5, 5.41) is 9.51. The zero-order chi connectivity index (χ0) is 10.6. The molecule has 76 valence electrons. The van der Waals surface area contributed by atoms with Gasteiger partial charge in [-0.2, -0.15) is 11.8 Å². The molecule has 0 fully saturated rings. The maximum Gasteiger partial charge on any atom is 0.176 e. The van der Waals surface area contributed by atoms with E-state index in [9.17, 15) is 9.90 Å². The van der Waals surface area contributed by atoms with Crippen LogP contribution in [0, 0.1) is 0 Å². The molecule has 4 heteroatoms. The standard InChI is InChI=1S/C10H12O3S/c1-13-7-3-4-8(9(11)5-7)10(12)6-14-2/h3-5,11H,6H2,1-2H3. The van der Waals surface area contributed by atoms with Crippen LogP contribution in [0.3, 0.4) is 0 Å². The highest BCUT2D eigenvalue weighted by atomic mass is 32.2. The van der Waals surface area contributed by atoms with E-state index in [1.54, 1.807) is 12.1 Å². The summed E-state index contributed by atoms with van der Waals surface area (Å²) < 4.78 is 4.91. The van der Waals surface area contributed by atoms with E-state index >= 15 is 0 Å². The zero-order valence-electron chi connectivity index (χ0n) is 8.11. The van der Waals surface area contributed by atoms with E-state index in [1.165, 1.54) is 24.9 Å². The van der Waals surface area contributed by atoms with Crippen molar-refractivity contribution in [1.82, 2.24) is 0 Å². The number of carbonyl (C=O) groups is 1. The molecular formula is C10H12O3S. The summed E-state index contributed by atoms with van der Waals surface area (Å²) in [6.07, 6.45) is 1.85. The maximum absolute atomic E-state index is 11.4. The number of thioether (sulfide) groups is 1. The number of Topliss-reactive ketones (excluding diaryl/α,β-unsaturated/α-hetero) is 1. The maximum atomic E-state index is 11.4. The van der Waals surface area contributed by atoms with E-state index in [0.717, 1.165) is 0 Å². The van der Waals surface area contributed by atoms with Gasteiger partial charge in [-0.3, -0.25) is 4.79 Å². The Morgan fingerprint density at radius 3 is 2.79 bits per heavy atom. The van der Waals surface area contributed by atoms with Crippen LogP contribution in [0.1, 0.15) is 10.4 Å². The first-order chi connectivity index (χ1) is 6.69. The van der Waals surface area contributed by atoms with Gasteiger partial charge in [0.15, 0.2) is 5.78 Å². The van der Waals surface area contributed by atoms with Crippen molar-refractivity contribution in [3.05, 3.63) is 23.8 Å². The summed E-state index contributed by atoms with van der Waals surface area (Å²) in [7, 11) is 1.51. The zero-order valence-corrected chi connectivity index (χ0v) is 8.93. The van der Waals surface area contributed by atoms with E-state index in [2.05, 4.69) is 0 Å². The highest BCUT2D eigenvalue weighted by Gasteiger charge is 2.10. The normalized spacial score (nSPS) is 9.86. The minimum atomic E-state index is -0.0716. The van der Waals surface area contributed by atoms with Gasteiger partial charge in [-0.05, 0) is 18.4 Å². The van der Waals surface area contributed by atoms with Gasteiger partial charge >= 0.3 is 0 Å². The van der Waals surface area contributed by atoms with Crippen LogP contribution in [0.25, 0.3) is 0 Å². The number of phenols is 1. The van der Waals surface area contributed by atoms with E-state index < -0.39 is 0 Å². The molecule has 0 amide bonds. The molecule has 3 nitrogen and oxygen atoms in total. The molecule has 1 aromatic rings. The second-order valence-electron chi connectivity index (χ2n) is 2.74. The number of hydrogen-bond donors (Lipinski definition) is 1. The molecule has 1 N–H and O–H groups in total. The average molecular weight is 212 g/mol. The number of carbonyl (C=O) groups excluding carboxylic acids is 1. The van der Waals surface area contributed by atoms with Gasteiger partial charge in [-0.1, -0.05) is 0 Å². The predicted octanol–water partition coefficient (Wildman–Crippen LogP) is 1.95. The number of benzene rings is 1. The molecule has 14 heavy (non-hydrogen) atoms. The fourth-order valence-corrected chi connectivity index (χ4v) is 1.50. The van der Waals surface area contributed by atoms with Gasteiger partial charge in [0, 0.05) is 6.07 Å². The highest BCUT2D eigenvalue weighted by Crippen LogP contribution is 2.24.